The fourth-order valence-corrected chi connectivity index (χ4v) is 6.88. The van der Waals surface area contributed by atoms with E-state index in [0.717, 1.165) is 49.1 Å². The second kappa shape index (κ2) is 7.95. The highest BCUT2D eigenvalue weighted by atomic mass is 16.5. The first-order valence-electron chi connectivity index (χ1n) is 11.8. The van der Waals surface area contributed by atoms with E-state index in [4.69, 9.17) is 4.74 Å². The summed E-state index contributed by atoms with van der Waals surface area (Å²) in [6.45, 7) is 2.14. The van der Waals surface area contributed by atoms with Crippen molar-refractivity contribution in [3.63, 3.8) is 0 Å². The summed E-state index contributed by atoms with van der Waals surface area (Å²) < 4.78 is 5.34. The van der Waals surface area contributed by atoms with Crippen molar-refractivity contribution in [2.45, 2.75) is 63.8 Å². The molecule has 4 bridgehead atoms. The van der Waals surface area contributed by atoms with Gasteiger partial charge in [-0.05, 0) is 80.4 Å². The molecule has 1 saturated heterocycles. The van der Waals surface area contributed by atoms with Gasteiger partial charge in [-0.2, -0.15) is 0 Å². The first-order valence-corrected chi connectivity index (χ1v) is 11.8. The van der Waals surface area contributed by atoms with E-state index >= 15 is 0 Å². The van der Waals surface area contributed by atoms with E-state index < -0.39 is 11.9 Å². The summed E-state index contributed by atoms with van der Waals surface area (Å²) in [5.74, 6) is 0.978. The molecule has 0 aromatic heterocycles. The molecular formula is C25H32N2O4. The lowest BCUT2D eigenvalue weighted by molar-refractivity contribution is -0.153. The Labute approximate surface area is 183 Å². The van der Waals surface area contributed by atoms with Gasteiger partial charge in [0, 0.05) is 24.2 Å². The zero-order chi connectivity index (χ0) is 21.6. The van der Waals surface area contributed by atoms with Gasteiger partial charge in [-0.3, -0.25) is 14.4 Å². The summed E-state index contributed by atoms with van der Waals surface area (Å²) in [4.78, 5) is 39.2. The number of anilines is 1. The Balaban J connectivity index is 1.13. The average molecular weight is 425 g/mol. The molecule has 166 valence electrons. The fraction of sp³-hybridized carbons (Fsp3) is 0.640. The molecule has 6 nitrogen and oxygen atoms in total. The quantitative estimate of drug-likeness (QED) is 0.712. The summed E-state index contributed by atoms with van der Waals surface area (Å²) in [6.07, 6.45) is 8.23. The Morgan fingerprint density at radius 3 is 2.26 bits per heavy atom. The summed E-state index contributed by atoms with van der Waals surface area (Å²) in [6, 6.07) is 7.85. The van der Waals surface area contributed by atoms with Gasteiger partial charge in [0.15, 0.2) is 6.61 Å². The number of aryl methyl sites for hydroxylation is 1. The molecule has 1 atom stereocenters. The molecule has 4 aliphatic carbocycles. The number of ether oxygens (including phenoxy) is 1. The number of rotatable bonds is 6. The van der Waals surface area contributed by atoms with Crippen molar-refractivity contribution in [3.05, 3.63) is 29.8 Å². The van der Waals surface area contributed by atoms with Crippen molar-refractivity contribution < 1.29 is 19.1 Å². The third-order valence-electron chi connectivity index (χ3n) is 7.90. The van der Waals surface area contributed by atoms with Crippen LogP contribution >= 0.6 is 0 Å². The minimum absolute atomic E-state index is 0.0794. The summed E-state index contributed by atoms with van der Waals surface area (Å²) in [7, 11) is 0. The van der Waals surface area contributed by atoms with Gasteiger partial charge in [0.1, 0.15) is 0 Å². The summed E-state index contributed by atoms with van der Waals surface area (Å²) in [5.41, 5.74) is 1.93. The van der Waals surface area contributed by atoms with Gasteiger partial charge < -0.3 is 15.0 Å². The van der Waals surface area contributed by atoms with E-state index in [1.165, 1.54) is 24.8 Å². The fourth-order valence-electron chi connectivity index (χ4n) is 6.88. The van der Waals surface area contributed by atoms with E-state index in [2.05, 4.69) is 12.2 Å². The number of esters is 1. The predicted octanol–water partition coefficient (Wildman–Crippen LogP) is 3.23. The third kappa shape index (κ3) is 4.09. The maximum absolute atomic E-state index is 12.6. The average Bonchev–Trinajstić information content (AvgIpc) is 3.12. The smallest absolute Gasteiger partial charge is 0.311 e. The molecular weight excluding hydrogens is 392 g/mol. The molecule has 6 rings (SSSR count). The Kier molecular flexibility index (Phi) is 5.27. The molecule has 4 saturated carbocycles. The van der Waals surface area contributed by atoms with Crippen molar-refractivity contribution in [2.24, 2.45) is 23.7 Å². The van der Waals surface area contributed by atoms with Gasteiger partial charge in [-0.1, -0.05) is 19.1 Å². The van der Waals surface area contributed by atoms with Crippen LogP contribution in [0.1, 0.15) is 57.4 Å². The first-order chi connectivity index (χ1) is 14.9. The van der Waals surface area contributed by atoms with Crippen molar-refractivity contribution in [2.75, 3.05) is 18.1 Å². The summed E-state index contributed by atoms with van der Waals surface area (Å²) in [5, 5.41) is 3.23. The Bertz CT molecular complexity index is 843. The van der Waals surface area contributed by atoms with Crippen LogP contribution < -0.4 is 10.2 Å². The molecule has 1 heterocycles. The maximum Gasteiger partial charge on any atom is 0.311 e. The topological polar surface area (TPSA) is 75.7 Å². The van der Waals surface area contributed by atoms with Crippen LogP contribution in [0.4, 0.5) is 5.69 Å². The van der Waals surface area contributed by atoms with Crippen LogP contribution in [0.5, 0.6) is 0 Å². The number of carbonyl (C=O) groups excluding carboxylic acids is 3. The molecule has 5 aliphatic rings. The van der Waals surface area contributed by atoms with Gasteiger partial charge in [0.2, 0.25) is 5.91 Å². The van der Waals surface area contributed by atoms with E-state index in [1.54, 1.807) is 4.90 Å². The lowest BCUT2D eigenvalue weighted by atomic mass is 9.53. The second-order valence-electron chi connectivity index (χ2n) is 10.3. The van der Waals surface area contributed by atoms with Crippen LogP contribution in [0.25, 0.3) is 0 Å². The van der Waals surface area contributed by atoms with Crippen LogP contribution in [0.3, 0.4) is 0 Å². The summed E-state index contributed by atoms with van der Waals surface area (Å²) >= 11 is 0. The third-order valence-corrected chi connectivity index (χ3v) is 7.90. The molecule has 0 radical (unpaired) electrons. The van der Waals surface area contributed by atoms with Crippen LogP contribution in [0.15, 0.2) is 24.3 Å². The number of carbonyl (C=O) groups is 3. The zero-order valence-electron chi connectivity index (χ0n) is 18.3. The zero-order valence-corrected chi connectivity index (χ0v) is 18.3. The van der Waals surface area contributed by atoms with Crippen LogP contribution in [-0.4, -0.2) is 36.5 Å². The maximum atomic E-state index is 12.6. The molecule has 1 aromatic rings. The van der Waals surface area contributed by atoms with Crippen molar-refractivity contribution >= 4 is 23.5 Å². The number of hydrogen-bond acceptors (Lipinski definition) is 4. The highest BCUT2D eigenvalue weighted by molar-refractivity contribution is 5.99. The molecule has 31 heavy (non-hydrogen) atoms. The van der Waals surface area contributed by atoms with E-state index in [1.807, 2.05) is 24.3 Å². The Morgan fingerprint density at radius 2 is 1.68 bits per heavy atom. The predicted molar refractivity (Wildman–Crippen MR) is 116 cm³/mol. The molecule has 6 heteroatoms. The minimum Gasteiger partial charge on any atom is -0.455 e. The van der Waals surface area contributed by atoms with Crippen molar-refractivity contribution in [3.8, 4) is 0 Å². The number of nitrogens with one attached hydrogen (secondary N) is 1. The molecule has 1 unspecified atom stereocenters. The van der Waals surface area contributed by atoms with Crippen molar-refractivity contribution in [1.82, 2.24) is 5.32 Å². The molecule has 5 fully saturated rings. The van der Waals surface area contributed by atoms with Crippen LogP contribution in [0.2, 0.25) is 0 Å². The molecule has 1 N–H and O–H groups in total. The molecule has 0 spiro atoms. The minimum atomic E-state index is -0.522. The number of benzene rings is 1. The van der Waals surface area contributed by atoms with Gasteiger partial charge >= 0.3 is 5.97 Å². The molecule has 2 amide bonds. The molecule has 1 aromatic carbocycles. The van der Waals surface area contributed by atoms with E-state index in [0.29, 0.717) is 6.54 Å². The highest BCUT2D eigenvalue weighted by Crippen LogP contribution is 2.55. The van der Waals surface area contributed by atoms with Gasteiger partial charge in [-0.25, -0.2) is 0 Å². The lowest BCUT2D eigenvalue weighted by Crippen LogP contribution is -2.60. The van der Waals surface area contributed by atoms with E-state index in [9.17, 15) is 14.4 Å². The number of nitrogens with zero attached hydrogens (tertiary/aromatic N) is 1. The van der Waals surface area contributed by atoms with Gasteiger partial charge in [-0.15, -0.1) is 0 Å². The van der Waals surface area contributed by atoms with Gasteiger partial charge in [0.25, 0.3) is 5.91 Å². The highest BCUT2D eigenvalue weighted by Gasteiger charge is 2.51. The standard InChI is InChI=1S/C25H32N2O4/c1-2-16-3-5-21(6-4-16)27-14-20(10-23(27)29)24(30)31-15-22(28)26-25-11-17-7-18(12-25)9-19(8-17)13-25/h3-6,17-20H,2,7-15H2,1H3,(H,26,28). The molecule has 1 aliphatic heterocycles. The monoisotopic (exact) mass is 424 g/mol. The lowest BCUT2D eigenvalue weighted by Gasteiger charge is -2.56. The Morgan fingerprint density at radius 1 is 1.06 bits per heavy atom. The Hall–Kier alpha value is -2.37. The normalized spacial score (nSPS) is 33.6. The largest absolute Gasteiger partial charge is 0.455 e. The second-order valence-corrected chi connectivity index (χ2v) is 10.3. The number of hydrogen-bond donors (Lipinski definition) is 1. The first kappa shape index (κ1) is 20.5. The number of amides is 2. The van der Waals surface area contributed by atoms with Crippen LogP contribution in [0, 0.1) is 23.7 Å². The van der Waals surface area contributed by atoms with Crippen molar-refractivity contribution in [1.29, 1.82) is 0 Å². The SMILES string of the molecule is CCc1ccc(N2CC(C(=O)OCC(=O)NC34CC5CC(CC(C5)C3)C4)CC2=O)cc1. The van der Waals surface area contributed by atoms with Crippen LogP contribution in [-0.2, 0) is 25.5 Å². The van der Waals surface area contributed by atoms with Gasteiger partial charge in [0.05, 0.1) is 5.92 Å². The van der Waals surface area contributed by atoms with E-state index in [-0.39, 0.29) is 30.4 Å².